The van der Waals surface area contributed by atoms with Crippen molar-refractivity contribution in [1.82, 2.24) is 34.8 Å². The second-order valence-corrected chi connectivity index (χ2v) is 9.75. The molecule has 1 aliphatic rings. The molecule has 34 heavy (non-hydrogen) atoms. The number of amides is 1. The van der Waals surface area contributed by atoms with Crippen LogP contribution in [0.2, 0.25) is 0 Å². The van der Waals surface area contributed by atoms with Crippen LogP contribution >= 0.6 is 0 Å². The second kappa shape index (κ2) is 8.83. The Morgan fingerprint density at radius 1 is 1.21 bits per heavy atom. The van der Waals surface area contributed by atoms with Crippen LogP contribution in [-0.2, 0) is 4.79 Å². The van der Waals surface area contributed by atoms with Gasteiger partial charge in [-0.3, -0.25) is 14.7 Å². The Morgan fingerprint density at radius 3 is 2.68 bits per heavy atom. The van der Waals surface area contributed by atoms with Crippen LogP contribution in [0.15, 0.2) is 24.7 Å². The van der Waals surface area contributed by atoms with E-state index >= 15 is 0 Å². The number of likely N-dealkylation sites (tertiary alicyclic amines) is 1. The lowest BCUT2D eigenvalue weighted by atomic mass is 9.92. The number of aromatic nitrogens is 5. The van der Waals surface area contributed by atoms with E-state index in [4.69, 9.17) is 4.98 Å². The Kier molecular flexibility index (Phi) is 5.85. The summed E-state index contributed by atoms with van der Waals surface area (Å²) in [6, 6.07) is 4.35. The topological polar surface area (TPSA) is 91.2 Å². The summed E-state index contributed by atoms with van der Waals surface area (Å²) < 4.78 is 1.86. The monoisotopic (exact) mass is 459 g/mol. The van der Waals surface area contributed by atoms with Gasteiger partial charge in [-0.05, 0) is 69.0 Å². The van der Waals surface area contributed by atoms with E-state index in [1.54, 1.807) is 13.4 Å². The lowest BCUT2D eigenvalue weighted by Crippen LogP contribution is -2.40. The molecule has 5 rings (SSSR count). The highest BCUT2D eigenvalue weighted by Gasteiger charge is 2.25. The van der Waals surface area contributed by atoms with Crippen LogP contribution in [-0.4, -0.2) is 62.1 Å². The molecule has 1 amide bonds. The smallest absolute Gasteiger partial charge is 0.233 e. The first-order chi connectivity index (χ1) is 16.4. The fourth-order valence-electron chi connectivity index (χ4n) is 5.23. The minimum Gasteiger partial charge on any atom is -0.358 e. The first-order valence-electron chi connectivity index (χ1n) is 12.1. The minimum absolute atomic E-state index is 0.0778. The molecule has 0 aliphatic carbocycles. The van der Waals surface area contributed by atoms with Gasteiger partial charge in [-0.1, -0.05) is 13.8 Å². The Labute approximate surface area is 199 Å². The number of likely N-dealkylation sites (N-methyl/N-ethyl adjacent to an activating group) is 1. The van der Waals surface area contributed by atoms with E-state index in [1.165, 1.54) is 11.1 Å². The fraction of sp³-hybridized carbons (Fsp3) is 0.462. The van der Waals surface area contributed by atoms with E-state index in [0.717, 1.165) is 65.1 Å². The molecular weight excluding hydrogens is 426 g/mol. The van der Waals surface area contributed by atoms with Crippen LogP contribution < -0.4 is 5.32 Å². The molecule has 2 N–H and O–H groups in total. The van der Waals surface area contributed by atoms with E-state index in [0.29, 0.717) is 18.4 Å². The molecular formula is C26H33N7O. The second-order valence-electron chi connectivity index (χ2n) is 9.75. The number of aromatic amines is 1. The summed E-state index contributed by atoms with van der Waals surface area (Å²) in [5.74, 6) is 0.806. The van der Waals surface area contributed by atoms with Gasteiger partial charge in [0.15, 0.2) is 5.65 Å². The third-order valence-corrected chi connectivity index (χ3v) is 7.33. The van der Waals surface area contributed by atoms with Crippen LogP contribution in [0.4, 0.5) is 0 Å². The predicted octanol–water partition coefficient (Wildman–Crippen LogP) is 3.94. The number of nitrogens with one attached hydrogen (secondary N) is 2. The molecule has 178 valence electrons. The molecule has 0 unspecified atom stereocenters. The molecule has 5 heterocycles. The quantitative estimate of drug-likeness (QED) is 0.472. The van der Waals surface area contributed by atoms with Crippen molar-refractivity contribution in [3.05, 3.63) is 47.0 Å². The SMILES string of the molecule is CNC(=O)CN1CCC(c2ccc3[nH]c(-c4cn5ncnc5c(C)c4C)c(C(C)C)c3n2)CC1. The standard InChI is InChI=1S/C26H33N7O/c1-15(2)23-24(19-12-33-26(28-14-29-33)17(4)16(19)3)31-21-7-6-20(30-25(21)23)18-8-10-32(11-9-18)13-22(34)27-5/h6-7,12,14-15,18,31H,8-11,13H2,1-5H3,(H,27,34). The van der Waals surface area contributed by atoms with Gasteiger partial charge in [0.05, 0.1) is 23.3 Å². The van der Waals surface area contributed by atoms with E-state index in [1.807, 2.05) is 4.52 Å². The number of carbonyl (C=O) groups excluding carboxylic acids is 1. The van der Waals surface area contributed by atoms with E-state index in [9.17, 15) is 4.79 Å². The van der Waals surface area contributed by atoms with Gasteiger partial charge in [-0.2, -0.15) is 5.10 Å². The summed E-state index contributed by atoms with van der Waals surface area (Å²) in [5.41, 5.74) is 10.0. The minimum atomic E-state index is 0.0778. The number of hydrogen-bond acceptors (Lipinski definition) is 5. The van der Waals surface area contributed by atoms with Gasteiger partial charge >= 0.3 is 0 Å². The number of fused-ring (bicyclic) bond motifs is 2. The first-order valence-corrected chi connectivity index (χ1v) is 12.1. The summed E-state index contributed by atoms with van der Waals surface area (Å²) in [4.78, 5) is 27.2. The maximum atomic E-state index is 11.7. The molecule has 8 nitrogen and oxygen atoms in total. The lowest BCUT2D eigenvalue weighted by Gasteiger charge is -2.31. The molecule has 1 fully saturated rings. The maximum Gasteiger partial charge on any atom is 0.233 e. The van der Waals surface area contributed by atoms with Gasteiger partial charge in [-0.15, -0.1) is 0 Å². The van der Waals surface area contributed by atoms with E-state index in [2.05, 4.69) is 71.3 Å². The fourth-order valence-corrected chi connectivity index (χ4v) is 5.23. The van der Waals surface area contributed by atoms with Crippen LogP contribution in [0, 0.1) is 13.8 Å². The molecule has 1 saturated heterocycles. The van der Waals surface area contributed by atoms with Crippen molar-refractivity contribution in [3.8, 4) is 11.3 Å². The molecule has 0 spiro atoms. The van der Waals surface area contributed by atoms with Crippen LogP contribution in [0.25, 0.3) is 27.9 Å². The van der Waals surface area contributed by atoms with Crippen molar-refractivity contribution in [2.45, 2.75) is 52.4 Å². The predicted molar refractivity (Wildman–Crippen MR) is 134 cm³/mol. The number of nitrogens with zero attached hydrogens (tertiary/aromatic N) is 5. The number of carbonyl (C=O) groups is 1. The normalized spacial score (nSPS) is 15.6. The van der Waals surface area contributed by atoms with Crippen LogP contribution in [0.5, 0.6) is 0 Å². The zero-order valence-corrected chi connectivity index (χ0v) is 20.6. The van der Waals surface area contributed by atoms with Gasteiger partial charge < -0.3 is 10.3 Å². The van der Waals surface area contributed by atoms with Crippen molar-refractivity contribution >= 4 is 22.6 Å². The highest BCUT2D eigenvalue weighted by atomic mass is 16.1. The highest BCUT2D eigenvalue weighted by molar-refractivity contribution is 5.89. The highest BCUT2D eigenvalue weighted by Crippen LogP contribution is 2.38. The number of aryl methyl sites for hydroxylation is 1. The zero-order chi connectivity index (χ0) is 24.0. The molecule has 8 heteroatoms. The Bertz CT molecular complexity index is 1360. The number of pyridine rings is 2. The van der Waals surface area contributed by atoms with Crippen molar-refractivity contribution < 1.29 is 4.79 Å². The molecule has 0 bridgehead atoms. The molecule has 0 saturated carbocycles. The number of hydrogen-bond donors (Lipinski definition) is 2. The number of piperidine rings is 1. The van der Waals surface area contributed by atoms with Gasteiger partial charge in [0.25, 0.3) is 0 Å². The average molecular weight is 460 g/mol. The largest absolute Gasteiger partial charge is 0.358 e. The van der Waals surface area contributed by atoms with Crippen molar-refractivity contribution in [1.29, 1.82) is 0 Å². The molecule has 0 radical (unpaired) electrons. The van der Waals surface area contributed by atoms with Crippen molar-refractivity contribution in [2.75, 3.05) is 26.7 Å². The van der Waals surface area contributed by atoms with Gasteiger partial charge in [-0.25, -0.2) is 9.50 Å². The zero-order valence-electron chi connectivity index (χ0n) is 20.6. The van der Waals surface area contributed by atoms with Gasteiger partial charge in [0.1, 0.15) is 6.33 Å². The van der Waals surface area contributed by atoms with Crippen LogP contribution in [0.1, 0.15) is 60.9 Å². The van der Waals surface area contributed by atoms with Crippen LogP contribution in [0.3, 0.4) is 0 Å². The Hall–Kier alpha value is -3.26. The molecule has 0 aromatic carbocycles. The lowest BCUT2D eigenvalue weighted by molar-refractivity contribution is -0.122. The third-order valence-electron chi connectivity index (χ3n) is 7.33. The average Bonchev–Trinajstić information content (AvgIpc) is 3.46. The molecule has 4 aromatic rings. The number of rotatable bonds is 5. The molecule has 4 aromatic heterocycles. The maximum absolute atomic E-state index is 11.7. The number of H-pyrrole nitrogens is 1. The van der Waals surface area contributed by atoms with Crippen molar-refractivity contribution in [2.24, 2.45) is 0 Å². The van der Waals surface area contributed by atoms with Gasteiger partial charge in [0, 0.05) is 36.0 Å². The summed E-state index contributed by atoms with van der Waals surface area (Å²) in [5, 5.41) is 7.11. The Balaban J connectivity index is 1.52. The third kappa shape index (κ3) is 3.86. The summed E-state index contributed by atoms with van der Waals surface area (Å²) >= 11 is 0. The van der Waals surface area contributed by atoms with E-state index < -0.39 is 0 Å². The molecule has 1 aliphatic heterocycles. The molecule has 0 atom stereocenters. The van der Waals surface area contributed by atoms with Crippen molar-refractivity contribution in [3.63, 3.8) is 0 Å². The summed E-state index contributed by atoms with van der Waals surface area (Å²) in [6.07, 6.45) is 5.72. The van der Waals surface area contributed by atoms with Gasteiger partial charge in [0.2, 0.25) is 5.91 Å². The Morgan fingerprint density at radius 2 is 1.97 bits per heavy atom. The first kappa shape index (κ1) is 22.5. The summed E-state index contributed by atoms with van der Waals surface area (Å²) in [6.45, 7) is 11.0. The summed E-state index contributed by atoms with van der Waals surface area (Å²) in [7, 11) is 1.69. The van der Waals surface area contributed by atoms with E-state index in [-0.39, 0.29) is 5.91 Å².